The van der Waals surface area contributed by atoms with E-state index in [2.05, 4.69) is 30.4 Å². The van der Waals surface area contributed by atoms with E-state index in [1.54, 1.807) is 0 Å². The standard InChI is InChI=1S/C6N16O16/c23-15(24)3-7-1(13(11-3)5(17(27)28,18(29)30)19(31)32)9-10-2-8-4(16(25)26)12-14(2)6(20(33)34,21(35)36)22(37)38. The first-order chi connectivity index (χ1) is 17.5. The first-order valence-corrected chi connectivity index (χ1v) is 7.99. The van der Waals surface area contributed by atoms with Crippen molar-refractivity contribution in [3.8, 4) is 0 Å². The Bertz CT molecular complexity index is 1280. The minimum absolute atomic E-state index is 1.01. The van der Waals surface area contributed by atoms with Gasteiger partial charge in [0, 0.05) is 0 Å². The van der Waals surface area contributed by atoms with E-state index < -0.39 is 84.4 Å². The highest BCUT2D eigenvalue weighted by Gasteiger charge is 2.80. The number of nitro groups is 8. The van der Waals surface area contributed by atoms with Crippen LogP contribution in [0.4, 0.5) is 23.8 Å². The van der Waals surface area contributed by atoms with E-state index >= 15 is 0 Å². The third-order valence-corrected chi connectivity index (χ3v) is 3.75. The van der Waals surface area contributed by atoms with Crippen molar-refractivity contribution in [3.05, 3.63) is 80.9 Å². The van der Waals surface area contributed by atoms with Gasteiger partial charge in [0.15, 0.2) is 0 Å². The molecular formula is C6N16O16. The molecule has 2 rings (SSSR count). The van der Waals surface area contributed by atoms with Crippen LogP contribution in [0.5, 0.6) is 0 Å². The Morgan fingerprint density at radius 2 is 0.737 bits per heavy atom. The predicted octanol–water partition coefficient (Wildman–Crippen LogP) is -2.10. The molecule has 0 radical (unpaired) electrons. The predicted molar refractivity (Wildman–Crippen MR) is 95.4 cm³/mol. The lowest BCUT2D eigenvalue weighted by atomic mass is 10.6. The van der Waals surface area contributed by atoms with E-state index in [1.165, 1.54) is 0 Å². The van der Waals surface area contributed by atoms with Crippen LogP contribution in [0.3, 0.4) is 0 Å². The summed E-state index contributed by atoms with van der Waals surface area (Å²) in [4.78, 5) is 78.3. The Morgan fingerprint density at radius 3 is 0.921 bits per heavy atom. The molecule has 32 heteroatoms. The summed E-state index contributed by atoms with van der Waals surface area (Å²) in [6.07, 6.45) is 0. The molecule has 0 aliphatic rings. The normalized spacial score (nSPS) is 11.7. The second-order valence-electron chi connectivity index (χ2n) is 5.70. The van der Waals surface area contributed by atoms with Crippen molar-refractivity contribution in [2.24, 2.45) is 10.2 Å². The van der Waals surface area contributed by atoms with Gasteiger partial charge in [-0.2, -0.15) is 0 Å². The number of azo groups is 1. The van der Waals surface area contributed by atoms with Crippen LogP contribution in [0.25, 0.3) is 0 Å². The maximum atomic E-state index is 11.3. The topological polar surface area (TPSA) is 431 Å². The third-order valence-electron chi connectivity index (χ3n) is 3.75. The first-order valence-electron chi connectivity index (χ1n) is 7.99. The van der Waals surface area contributed by atoms with Crippen molar-refractivity contribution >= 4 is 23.8 Å². The zero-order valence-corrected chi connectivity index (χ0v) is 16.7. The zero-order chi connectivity index (χ0) is 29.3. The number of hydrogen-bond donors (Lipinski definition) is 0. The van der Waals surface area contributed by atoms with Crippen molar-refractivity contribution in [2.45, 2.75) is 11.8 Å². The maximum Gasteiger partial charge on any atom is 0.836 e. The van der Waals surface area contributed by atoms with Gasteiger partial charge in [0.25, 0.3) is 0 Å². The van der Waals surface area contributed by atoms with Crippen LogP contribution in [0, 0.1) is 80.9 Å². The fraction of sp³-hybridized carbons (Fsp3) is 0.333. The van der Waals surface area contributed by atoms with Gasteiger partial charge in [-0.1, -0.05) is 10.2 Å². The molecule has 200 valence electrons. The van der Waals surface area contributed by atoms with Crippen molar-refractivity contribution in [1.29, 1.82) is 0 Å². The smallest absolute Gasteiger partial charge is 0.390 e. The van der Waals surface area contributed by atoms with E-state index in [9.17, 15) is 80.9 Å². The van der Waals surface area contributed by atoms with E-state index in [0.717, 1.165) is 0 Å². The Hall–Kier alpha value is -6.92. The molecule has 2 aromatic heterocycles. The van der Waals surface area contributed by atoms with Crippen LogP contribution >= 0.6 is 0 Å². The summed E-state index contributed by atoms with van der Waals surface area (Å²) in [7, 11) is 0. The average Bonchev–Trinajstić information content (AvgIpc) is 3.37. The monoisotopic (exact) mass is 552 g/mol. The number of rotatable bonds is 12. The quantitative estimate of drug-likeness (QED) is 0.118. The average molecular weight is 552 g/mol. The zero-order valence-electron chi connectivity index (χ0n) is 16.7. The first kappa shape index (κ1) is 27.3. The maximum absolute atomic E-state index is 11.3. The van der Waals surface area contributed by atoms with E-state index in [-0.39, 0.29) is 0 Å². The Labute approximate surface area is 197 Å². The molecule has 0 aliphatic heterocycles. The SMILES string of the molecule is O=[N+]([O-])c1nc(N=Nc2nc([N+](=O)[O-])nn2C([N+](=O)[O-])([N+](=O)[O-])[N+](=O)[O-])n(C([N+](=O)[O-])([N+](=O)[O-])[N+](=O)[O-])n1. The molecule has 2 heterocycles. The van der Waals surface area contributed by atoms with Crippen molar-refractivity contribution < 1.29 is 39.4 Å². The summed E-state index contributed by atoms with van der Waals surface area (Å²) in [6, 6.07) is 0. The van der Waals surface area contributed by atoms with Crippen LogP contribution < -0.4 is 0 Å². The van der Waals surface area contributed by atoms with Crippen LogP contribution in [-0.2, 0) is 11.8 Å². The molecule has 0 fully saturated rings. The number of nitrogens with zero attached hydrogens (tertiary/aromatic N) is 16. The van der Waals surface area contributed by atoms with Gasteiger partial charge < -0.3 is 20.2 Å². The van der Waals surface area contributed by atoms with Crippen molar-refractivity contribution in [1.82, 2.24) is 29.5 Å². The van der Waals surface area contributed by atoms with Gasteiger partial charge in [-0.15, -0.1) is 0 Å². The Kier molecular flexibility index (Phi) is 6.49. The lowest BCUT2D eigenvalue weighted by Gasteiger charge is -2.05. The summed E-state index contributed by atoms with van der Waals surface area (Å²) >= 11 is 0. The molecule has 0 bridgehead atoms. The van der Waals surface area contributed by atoms with Crippen molar-refractivity contribution in [2.75, 3.05) is 0 Å². The summed E-state index contributed by atoms with van der Waals surface area (Å²) in [5.74, 6) is -17.2. The highest BCUT2D eigenvalue weighted by atomic mass is 16.8. The minimum Gasteiger partial charge on any atom is -0.390 e. The van der Waals surface area contributed by atoms with Crippen LogP contribution in [-0.4, -0.2) is 68.9 Å². The molecule has 0 aliphatic carbocycles. The lowest BCUT2D eigenvalue weighted by Crippen LogP contribution is -2.55. The van der Waals surface area contributed by atoms with Crippen LogP contribution in [0.15, 0.2) is 10.2 Å². The van der Waals surface area contributed by atoms with Gasteiger partial charge in [-0.25, -0.2) is 0 Å². The van der Waals surface area contributed by atoms with Gasteiger partial charge in [0.2, 0.25) is 29.5 Å². The molecule has 0 N–H and O–H groups in total. The van der Waals surface area contributed by atoms with Gasteiger partial charge in [-0.3, -0.25) is 60.7 Å². The summed E-state index contributed by atoms with van der Waals surface area (Å²) in [5, 5.41) is 100. The third kappa shape index (κ3) is 3.76. The fourth-order valence-electron chi connectivity index (χ4n) is 2.23. The van der Waals surface area contributed by atoms with Gasteiger partial charge in [0.05, 0.1) is 19.6 Å². The molecule has 0 saturated carbocycles. The van der Waals surface area contributed by atoms with Crippen LogP contribution in [0.2, 0.25) is 0 Å². The van der Waals surface area contributed by atoms with E-state index in [1.807, 2.05) is 0 Å². The number of hydrogen-bond acceptors (Lipinski definition) is 22. The molecule has 2 aromatic rings. The second-order valence-corrected chi connectivity index (χ2v) is 5.70. The largest absolute Gasteiger partial charge is 0.836 e. The molecular weight excluding hydrogens is 552 g/mol. The lowest BCUT2D eigenvalue weighted by molar-refractivity contribution is -1.01. The fourth-order valence-corrected chi connectivity index (χ4v) is 2.23. The Morgan fingerprint density at radius 1 is 0.500 bits per heavy atom. The highest BCUT2D eigenvalue weighted by molar-refractivity contribution is 5.25. The van der Waals surface area contributed by atoms with Gasteiger partial charge in [0.1, 0.15) is 0 Å². The highest BCUT2D eigenvalue weighted by Crippen LogP contribution is 2.30. The molecule has 38 heavy (non-hydrogen) atoms. The Balaban J connectivity index is 2.97. The summed E-state index contributed by atoms with van der Waals surface area (Å²) in [6.45, 7) is 0. The second kappa shape index (κ2) is 9.03. The summed E-state index contributed by atoms with van der Waals surface area (Å²) < 4.78 is -2.02. The molecule has 0 unspecified atom stereocenters. The van der Waals surface area contributed by atoms with Crippen LogP contribution in [0.1, 0.15) is 0 Å². The van der Waals surface area contributed by atoms with E-state index in [0.29, 0.717) is 0 Å². The van der Waals surface area contributed by atoms with Gasteiger partial charge >= 0.3 is 35.6 Å². The molecule has 0 aromatic carbocycles. The van der Waals surface area contributed by atoms with E-state index in [4.69, 9.17) is 0 Å². The molecule has 0 saturated heterocycles. The molecule has 0 atom stereocenters. The molecule has 32 nitrogen and oxygen atoms in total. The molecule has 0 spiro atoms. The number of aromatic nitrogens is 6. The van der Waals surface area contributed by atoms with Gasteiger partial charge in [-0.05, 0) is 19.8 Å². The summed E-state index contributed by atoms with van der Waals surface area (Å²) in [5.41, 5.74) is 0. The minimum atomic E-state index is -4.83. The van der Waals surface area contributed by atoms with Crippen molar-refractivity contribution in [3.63, 3.8) is 0 Å². The molecule has 0 amide bonds.